The lowest BCUT2D eigenvalue weighted by molar-refractivity contribution is -0.438. The minimum Gasteiger partial charge on any atom is -0.481 e. The smallest absolute Gasteiger partial charge is 0.303 e. The molecule has 2 aromatic rings. The highest BCUT2D eigenvalue weighted by Crippen LogP contribution is 2.49. The fraction of sp³-hybridized carbons (Fsp3) is 0.469. The highest BCUT2D eigenvalue weighted by Gasteiger charge is 2.49. The minimum atomic E-state index is -4.29. The van der Waals surface area contributed by atoms with Gasteiger partial charge in [0.1, 0.15) is 12.0 Å². The highest BCUT2D eigenvalue weighted by atomic mass is 32.2. The number of fused-ring (bicyclic) bond motifs is 2. The Kier molecular flexibility index (Phi) is 15.9. The van der Waals surface area contributed by atoms with Gasteiger partial charge in [-0.15, -0.1) is 6.42 Å². The van der Waals surface area contributed by atoms with Crippen LogP contribution in [-0.4, -0.2) is 104 Å². The maximum Gasteiger partial charge on any atom is 0.303 e. The van der Waals surface area contributed by atoms with Gasteiger partial charge in [0, 0.05) is 74.0 Å². The summed E-state index contributed by atoms with van der Waals surface area (Å²) in [5.41, 5.74) is 4.03. The van der Waals surface area contributed by atoms with Crippen LogP contribution in [0.25, 0.3) is 0 Å². The average molecular weight is 931 g/mol. The summed E-state index contributed by atoms with van der Waals surface area (Å²) in [4.78, 5) is 41.5. The Hall–Kier alpha value is -5.34. The molecule has 4 N–H and O–H groups in total. The third-order valence-corrected chi connectivity index (χ3v) is 15.3. The van der Waals surface area contributed by atoms with Crippen molar-refractivity contribution >= 4 is 55.0 Å². The quantitative estimate of drug-likeness (QED) is 0.0501. The molecule has 65 heavy (non-hydrogen) atoms. The number of unbranched alkanes of at least 4 members (excludes halogenated alkanes) is 1. The van der Waals surface area contributed by atoms with E-state index in [1.807, 2.05) is 55.2 Å². The van der Waals surface area contributed by atoms with Crippen molar-refractivity contribution in [3.05, 3.63) is 101 Å². The lowest BCUT2D eigenvalue weighted by Crippen LogP contribution is -2.52. The normalized spacial score (nSPS) is 20.2. The second-order valence-corrected chi connectivity index (χ2v) is 21.6. The van der Waals surface area contributed by atoms with Gasteiger partial charge >= 0.3 is 5.97 Å². The maximum atomic E-state index is 14.3. The first-order valence-corrected chi connectivity index (χ1v) is 25.2. The number of terminal acetylenes is 1. The molecular weight excluding hydrogens is 867 g/mol. The zero-order valence-electron chi connectivity index (χ0n) is 38.6. The molecule has 0 radical (unpaired) electrons. The van der Waals surface area contributed by atoms with Crippen molar-refractivity contribution in [3.8, 4) is 12.3 Å². The molecule has 1 unspecified atom stereocenters. The van der Waals surface area contributed by atoms with E-state index < -0.39 is 54.5 Å². The Balaban J connectivity index is 1.66. The summed E-state index contributed by atoms with van der Waals surface area (Å²) in [5.74, 6) is -0.0302. The zero-order valence-corrected chi connectivity index (χ0v) is 40.2. The topological polar surface area (TPSA) is 194 Å². The summed E-state index contributed by atoms with van der Waals surface area (Å²) in [6, 6.07) is 13.1. The van der Waals surface area contributed by atoms with E-state index in [4.69, 9.17) is 11.5 Å². The fourth-order valence-corrected chi connectivity index (χ4v) is 10.9. The number of sulfonamides is 1. The van der Waals surface area contributed by atoms with E-state index in [1.165, 1.54) is 18.7 Å². The van der Waals surface area contributed by atoms with Gasteiger partial charge in [-0.1, -0.05) is 69.5 Å². The number of benzene rings is 2. The SMILES string of the molecule is C#CCNC(=O)C1(C(=O)NCC)CC(/C=C/C2=[N+](CCCC)c3ccccc3C2(C)C)=CC(=C/C=C2/N(CCCS(=O)(=O)O)c3ccc(S(=O)(=O)N(C)CCCC(=O)O)cc3C2(C)C)/C1. The van der Waals surface area contributed by atoms with E-state index >= 15 is 0 Å². The summed E-state index contributed by atoms with van der Waals surface area (Å²) >= 11 is 0. The van der Waals surface area contributed by atoms with Gasteiger partial charge in [0.05, 0.1) is 22.6 Å². The molecule has 1 aliphatic carbocycles. The number of nitrogens with zero attached hydrogens (tertiary/aromatic N) is 3. The van der Waals surface area contributed by atoms with Crippen LogP contribution < -0.4 is 15.5 Å². The Labute approximate surface area is 385 Å². The van der Waals surface area contributed by atoms with Crippen LogP contribution in [0.2, 0.25) is 0 Å². The summed E-state index contributed by atoms with van der Waals surface area (Å²) in [6.07, 6.45) is 17.4. The first-order chi connectivity index (χ1) is 30.5. The molecule has 3 aliphatic rings. The Morgan fingerprint density at radius 1 is 0.923 bits per heavy atom. The third kappa shape index (κ3) is 11.0. The van der Waals surface area contributed by atoms with Crippen molar-refractivity contribution in [1.82, 2.24) is 14.9 Å². The number of amides is 2. The number of anilines is 1. The maximum absolute atomic E-state index is 14.3. The highest BCUT2D eigenvalue weighted by molar-refractivity contribution is 7.89. The molecule has 350 valence electrons. The fourth-order valence-electron chi connectivity index (χ4n) is 9.15. The molecule has 14 nitrogen and oxygen atoms in total. The number of hydrogen-bond donors (Lipinski definition) is 4. The van der Waals surface area contributed by atoms with Crippen molar-refractivity contribution in [3.63, 3.8) is 0 Å². The van der Waals surface area contributed by atoms with E-state index in [0.717, 1.165) is 40.7 Å². The molecule has 2 aromatic carbocycles. The molecule has 2 heterocycles. The van der Waals surface area contributed by atoms with Crippen molar-refractivity contribution in [2.45, 2.75) is 102 Å². The van der Waals surface area contributed by atoms with Crippen LogP contribution in [0.15, 0.2) is 94.6 Å². The summed E-state index contributed by atoms with van der Waals surface area (Å²) in [5, 5.41) is 14.8. The molecule has 2 amide bonds. The monoisotopic (exact) mass is 930 g/mol. The molecule has 0 spiro atoms. The number of carbonyl (C=O) groups is 3. The molecule has 0 saturated heterocycles. The molecular formula is C49H64N5O9S2+. The van der Waals surface area contributed by atoms with Crippen LogP contribution in [0.4, 0.5) is 11.4 Å². The van der Waals surface area contributed by atoms with E-state index in [9.17, 15) is 35.8 Å². The van der Waals surface area contributed by atoms with Gasteiger partial charge in [-0.2, -0.15) is 13.0 Å². The van der Waals surface area contributed by atoms with Gasteiger partial charge in [-0.05, 0) is 87.4 Å². The third-order valence-electron chi connectivity index (χ3n) is 12.6. The average Bonchev–Trinajstić information content (AvgIpc) is 3.59. The Bertz CT molecular complexity index is 2620. The number of carbonyl (C=O) groups excluding carboxylic acids is 2. The zero-order chi connectivity index (χ0) is 48.0. The molecule has 2 aliphatic heterocycles. The van der Waals surface area contributed by atoms with Gasteiger partial charge < -0.3 is 20.6 Å². The van der Waals surface area contributed by atoms with E-state index in [0.29, 0.717) is 29.1 Å². The van der Waals surface area contributed by atoms with Crippen molar-refractivity contribution in [1.29, 1.82) is 0 Å². The largest absolute Gasteiger partial charge is 0.481 e. The number of rotatable bonds is 20. The lowest BCUT2D eigenvalue weighted by atomic mass is 9.70. The van der Waals surface area contributed by atoms with Crippen molar-refractivity contribution < 1.29 is 45.5 Å². The van der Waals surface area contributed by atoms with Crippen LogP contribution >= 0.6 is 0 Å². The predicted octanol–water partition coefficient (Wildman–Crippen LogP) is 6.38. The van der Waals surface area contributed by atoms with Crippen LogP contribution in [0.1, 0.15) is 97.6 Å². The molecule has 16 heteroatoms. The second-order valence-electron chi connectivity index (χ2n) is 18.0. The second kappa shape index (κ2) is 20.4. The first-order valence-electron chi connectivity index (χ1n) is 22.1. The van der Waals surface area contributed by atoms with Gasteiger partial charge in [0.25, 0.3) is 10.1 Å². The standard InChI is InChI=1S/C49H63N5O9S2/c1-9-12-28-53-40-18-14-13-17-38(40)47(4,5)42(53)24-20-35-31-36(34-49(33-35,45(57)50-11-3)46(58)51-26-10-2)21-25-43-48(6,7)39-32-37(65(62,63)52(8)27-15-19-44(55)56)22-23-41(39)54(43)29-16-30-64(59,60)61/h2,13-14,17-18,20-25,31-32H,9,11-12,15-16,19,26-30,33-34H2,1,3-8H3,(H3-,50,51,55,56,57,58,59,60,61)/p+1. The van der Waals surface area contributed by atoms with Crippen LogP contribution in [0.5, 0.6) is 0 Å². The molecule has 0 aromatic heterocycles. The number of carboxylic acids is 1. The number of allylic oxidation sites excluding steroid dienone is 8. The summed E-state index contributed by atoms with van der Waals surface area (Å²) < 4.78 is 64.3. The first kappa shape index (κ1) is 50.7. The molecule has 1 atom stereocenters. The van der Waals surface area contributed by atoms with E-state index in [2.05, 4.69) is 60.1 Å². The van der Waals surface area contributed by atoms with Gasteiger partial charge in [-0.25, -0.2) is 12.7 Å². The summed E-state index contributed by atoms with van der Waals surface area (Å²) in [7, 11) is -6.92. The molecule has 0 saturated carbocycles. The molecule has 5 rings (SSSR count). The van der Waals surface area contributed by atoms with Gasteiger partial charge in [0.2, 0.25) is 27.5 Å². The Morgan fingerprint density at radius 2 is 1.63 bits per heavy atom. The molecule has 0 bridgehead atoms. The number of carboxylic acid groups (broad SMARTS) is 1. The predicted molar refractivity (Wildman–Crippen MR) is 254 cm³/mol. The van der Waals surface area contributed by atoms with Crippen LogP contribution in [0, 0.1) is 17.8 Å². The van der Waals surface area contributed by atoms with Crippen molar-refractivity contribution in [2.75, 3.05) is 50.4 Å². The number of nitrogens with one attached hydrogen (secondary N) is 2. The lowest BCUT2D eigenvalue weighted by Gasteiger charge is -2.35. The van der Waals surface area contributed by atoms with Crippen molar-refractivity contribution in [2.24, 2.45) is 5.41 Å². The summed E-state index contributed by atoms with van der Waals surface area (Å²) in [6.45, 7) is 13.4. The van der Waals surface area contributed by atoms with Crippen LogP contribution in [0.3, 0.4) is 0 Å². The van der Waals surface area contributed by atoms with Crippen LogP contribution in [-0.2, 0) is 45.4 Å². The number of hydrogen-bond acceptors (Lipinski definition) is 8. The van der Waals surface area contributed by atoms with Gasteiger partial charge in [-0.3, -0.25) is 18.9 Å². The minimum absolute atomic E-state index is 0.000679. The number of aliphatic carboxylic acids is 1. The number of para-hydroxylation sites is 1. The molecule has 0 fully saturated rings. The van der Waals surface area contributed by atoms with Gasteiger partial charge in [0.15, 0.2) is 5.71 Å². The Morgan fingerprint density at radius 3 is 2.29 bits per heavy atom. The van der Waals surface area contributed by atoms with E-state index in [-0.39, 0.29) is 62.0 Å². The van der Waals surface area contributed by atoms with E-state index in [1.54, 1.807) is 19.1 Å².